The van der Waals surface area contributed by atoms with E-state index in [2.05, 4.69) is 5.32 Å². The number of hydrogen-bond donors (Lipinski definition) is 1. The fourth-order valence-electron chi connectivity index (χ4n) is 2.95. The number of benzene rings is 2. The average molecular weight is 363 g/mol. The van der Waals surface area contributed by atoms with Crippen LogP contribution in [0.5, 0.6) is 0 Å². The molecule has 1 amide bonds. The molecule has 1 aliphatic rings. The van der Waals surface area contributed by atoms with Gasteiger partial charge in [-0.1, -0.05) is 48.0 Å². The van der Waals surface area contributed by atoms with Gasteiger partial charge in [-0.25, -0.2) is 4.68 Å². The van der Waals surface area contributed by atoms with Crippen molar-refractivity contribution in [2.24, 2.45) is 0 Å². The summed E-state index contributed by atoms with van der Waals surface area (Å²) in [6.07, 6.45) is -0.610. The lowest BCUT2D eigenvalue weighted by Crippen LogP contribution is -2.39. The van der Waals surface area contributed by atoms with E-state index in [9.17, 15) is 4.79 Å². The van der Waals surface area contributed by atoms with Crippen LogP contribution in [0.1, 0.15) is 5.56 Å². The molecule has 6 nitrogen and oxygen atoms in total. The number of aryl methyl sites for hydroxylation is 1. The third-order valence-electron chi connectivity index (χ3n) is 4.42. The van der Waals surface area contributed by atoms with Gasteiger partial charge in [0.25, 0.3) is 5.91 Å². The first-order chi connectivity index (χ1) is 13.2. The molecule has 4 rings (SSSR count). The lowest BCUT2D eigenvalue weighted by Gasteiger charge is -2.22. The second kappa shape index (κ2) is 7.73. The van der Waals surface area contributed by atoms with Crippen molar-refractivity contribution in [3.8, 4) is 16.9 Å². The van der Waals surface area contributed by atoms with E-state index in [4.69, 9.17) is 14.6 Å². The number of carbonyl (C=O) groups excluding carboxylic acids is 1. The highest BCUT2D eigenvalue weighted by molar-refractivity contribution is 5.94. The Kier molecular flexibility index (Phi) is 5.00. The van der Waals surface area contributed by atoms with Gasteiger partial charge in [0.05, 0.1) is 31.2 Å². The monoisotopic (exact) mass is 363 g/mol. The highest BCUT2D eigenvalue weighted by Gasteiger charge is 2.24. The van der Waals surface area contributed by atoms with Crippen LogP contribution in [0.15, 0.2) is 60.7 Å². The van der Waals surface area contributed by atoms with Crippen LogP contribution in [-0.2, 0) is 14.3 Å². The number of nitrogens with one attached hydrogen (secondary N) is 1. The summed E-state index contributed by atoms with van der Waals surface area (Å²) in [6.45, 7) is 3.24. The van der Waals surface area contributed by atoms with E-state index < -0.39 is 6.10 Å². The summed E-state index contributed by atoms with van der Waals surface area (Å²) in [4.78, 5) is 12.6. The normalized spacial score (nSPS) is 16.9. The molecular formula is C21H21N3O3. The quantitative estimate of drug-likeness (QED) is 0.773. The van der Waals surface area contributed by atoms with Gasteiger partial charge < -0.3 is 14.8 Å². The summed E-state index contributed by atoms with van der Waals surface area (Å²) in [7, 11) is 0. The largest absolute Gasteiger partial charge is 0.376 e. The zero-order valence-corrected chi connectivity index (χ0v) is 15.1. The molecule has 6 heteroatoms. The molecule has 3 aromatic rings. The smallest absolute Gasteiger partial charge is 0.257 e. The average Bonchev–Trinajstić information content (AvgIpc) is 3.13. The van der Waals surface area contributed by atoms with Crippen molar-refractivity contribution in [2.75, 3.05) is 25.1 Å². The van der Waals surface area contributed by atoms with E-state index in [-0.39, 0.29) is 12.5 Å². The summed E-state index contributed by atoms with van der Waals surface area (Å²) in [5.41, 5.74) is 3.83. The Morgan fingerprint density at radius 3 is 2.59 bits per heavy atom. The minimum Gasteiger partial charge on any atom is -0.376 e. The van der Waals surface area contributed by atoms with Crippen molar-refractivity contribution in [3.05, 3.63) is 66.2 Å². The molecule has 1 atom stereocenters. The lowest BCUT2D eigenvalue weighted by molar-refractivity contribution is -0.142. The van der Waals surface area contributed by atoms with Crippen LogP contribution in [0, 0.1) is 6.92 Å². The number of ether oxygens (including phenoxy) is 2. The van der Waals surface area contributed by atoms with E-state index in [0.717, 1.165) is 16.9 Å². The number of carbonyl (C=O) groups is 1. The van der Waals surface area contributed by atoms with Crippen molar-refractivity contribution in [3.63, 3.8) is 0 Å². The molecule has 0 radical (unpaired) electrons. The molecule has 2 heterocycles. The summed E-state index contributed by atoms with van der Waals surface area (Å²) in [6, 6.07) is 19.7. The Morgan fingerprint density at radius 1 is 1.11 bits per heavy atom. The molecule has 0 spiro atoms. The van der Waals surface area contributed by atoms with Crippen LogP contribution in [0.3, 0.4) is 0 Å². The predicted octanol–water partition coefficient (Wildman–Crippen LogP) is 3.20. The Morgan fingerprint density at radius 2 is 1.89 bits per heavy atom. The molecule has 1 fully saturated rings. The third kappa shape index (κ3) is 3.92. The minimum atomic E-state index is -0.610. The summed E-state index contributed by atoms with van der Waals surface area (Å²) in [5, 5.41) is 7.65. The zero-order chi connectivity index (χ0) is 18.6. The first kappa shape index (κ1) is 17.5. The Hall–Kier alpha value is -2.96. The van der Waals surface area contributed by atoms with Crippen LogP contribution >= 0.6 is 0 Å². The maximum absolute atomic E-state index is 12.6. The molecule has 0 aliphatic carbocycles. The molecule has 1 unspecified atom stereocenters. The van der Waals surface area contributed by atoms with Gasteiger partial charge in [0.2, 0.25) is 0 Å². The number of amides is 1. The number of aromatic nitrogens is 2. The zero-order valence-electron chi connectivity index (χ0n) is 15.1. The summed E-state index contributed by atoms with van der Waals surface area (Å²) < 4.78 is 12.6. The number of hydrogen-bond acceptors (Lipinski definition) is 4. The van der Waals surface area contributed by atoms with Gasteiger partial charge >= 0.3 is 0 Å². The van der Waals surface area contributed by atoms with E-state index in [1.807, 2.05) is 67.6 Å². The van der Waals surface area contributed by atoms with Gasteiger partial charge in [-0.05, 0) is 19.1 Å². The lowest BCUT2D eigenvalue weighted by atomic mass is 10.1. The topological polar surface area (TPSA) is 65.4 Å². The molecule has 1 saturated heterocycles. The van der Waals surface area contributed by atoms with E-state index in [0.29, 0.717) is 19.0 Å². The molecule has 0 saturated carbocycles. The maximum atomic E-state index is 12.6. The van der Waals surface area contributed by atoms with Gasteiger partial charge in [0, 0.05) is 11.6 Å². The Balaban J connectivity index is 1.67. The van der Waals surface area contributed by atoms with Crippen molar-refractivity contribution in [2.45, 2.75) is 13.0 Å². The highest BCUT2D eigenvalue weighted by atomic mass is 16.6. The molecule has 1 aliphatic heterocycles. The van der Waals surface area contributed by atoms with Crippen LogP contribution in [-0.4, -0.2) is 41.6 Å². The summed E-state index contributed by atoms with van der Waals surface area (Å²) in [5.74, 6) is 0.359. The molecule has 2 aromatic carbocycles. The predicted molar refractivity (Wildman–Crippen MR) is 103 cm³/mol. The van der Waals surface area contributed by atoms with Crippen LogP contribution in [0.2, 0.25) is 0 Å². The van der Waals surface area contributed by atoms with Crippen molar-refractivity contribution >= 4 is 11.7 Å². The van der Waals surface area contributed by atoms with E-state index >= 15 is 0 Å². The second-order valence-electron chi connectivity index (χ2n) is 6.45. The summed E-state index contributed by atoms with van der Waals surface area (Å²) >= 11 is 0. The SMILES string of the molecule is Cc1ccc(-c2cc(NC(=O)C3COCCO3)n(-c3ccccc3)n2)cc1. The third-order valence-corrected chi connectivity index (χ3v) is 4.42. The number of rotatable bonds is 4. The van der Waals surface area contributed by atoms with E-state index in [1.165, 1.54) is 5.56 Å². The Bertz CT molecular complexity index is 914. The van der Waals surface area contributed by atoms with Gasteiger partial charge in [-0.2, -0.15) is 5.10 Å². The maximum Gasteiger partial charge on any atom is 0.257 e. The van der Waals surface area contributed by atoms with E-state index in [1.54, 1.807) is 4.68 Å². The molecule has 27 heavy (non-hydrogen) atoms. The molecule has 0 bridgehead atoms. The van der Waals surface area contributed by atoms with Gasteiger partial charge in [-0.15, -0.1) is 0 Å². The fourth-order valence-corrected chi connectivity index (χ4v) is 2.95. The first-order valence-electron chi connectivity index (χ1n) is 8.93. The minimum absolute atomic E-state index is 0.234. The molecule has 1 aromatic heterocycles. The second-order valence-corrected chi connectivity index (χ2v) is 6.45. The molecule has 138 valence electrons. The van der Waals surface area contributed by atoms with Crippen LogP contribution in [0.4, 0.5) is 5.82 Å². The van der Waals surface area contributed by atoms with Gasteiger partial charge in [-0.3, -0.25) is 4.79 Å². The van der Waals surface area contributed by atoms with Crippen molar-refractivity contribution in [1.29, 1.82) is 0 Å². The van der Waals surface area contributed by atoms with Crippen molar-refractivity contribution in [1.82, 2.24) is 9.78 Å². The fraction of sp³-hybridized carbons (Fsp3) is 0.238. The van der Waals surface area contributed by atoms with Gasteiger partial charge in [0.15, 0.2) is 6.10 Å². The van der Waals surface area contributed by atoms with Crippen LogP contribution in [0.25, 0.3) is 16.9 Å². The van der Waals surface area contributed by atoms with Crippen LogP contribution < -0.4 is 5.32 Å². The molecular weight excluding hydrogens is 342 g/mol. The van der Waals surface area contributed by atoms with Crippen molar-refractivity contribution < 1.29 is 14.3 Å². The number of para-hydroxylation sites is 1. The number of nitrogens with zero attached hydrogens (tertiary/aromatic N) is 2. The molecule has 1 N–H and O–H groups in total. The first-order valence-corrected chi connectivity index (χ1v) is 8.93. The number of anilines is 1. The Labute approximate surface area is 157 Å². The van der Waals surface area contributed by atoms with Gasteiger partial charge in [0.1, 0.15) is 5.82 Å². The standard InChI is InChI=1S/C21H21N3O3/c1-15-7-9-16(10-8-15)18-13-20(22-21(25)19-14-26-11-12-27-19)24(23-18)17-5-3-2-4-6-17/h2-10,13,19H,11-12,14H2,1H3,(H,22,25). The highest BCUT2D eigenvalue weighted by Crippen LogP contribution is 2.25.